The second-order valence-electron chi connectivity index (χ2n) is 7.12. The van der Waals surface area contributed by atoms with Crippen LogP contribution in [0.4, 0.5) is 0 Å². The molecule has 1 fully saturated rings. The Morgan fingerprint density at radius 1 is 0.828 bits per heavy atom. The van der Waals surface area contributed by atoms with Crippen molar-refractivity contribution in [3.05, 3.63) is 0 Å². The van der Waals surface area contributed by atoms with Gasteiger partial charge in [0.15, 0.2) is 18.5 Å². The molecule has 0 bridgehead atoms. The van der Waals surface area contributed by atoms with Crippen molar-refractivity contribution in [2.45, 2.75) is 96.9 Å². The van der Waals surface area contributed by atoms with E-state index in [1.165, 1.54) is 27.2 Å². The largest absolute Gasteiger partial charge is 0.463 e. The molecule has 0 saturated carbocycles. The SMILES string of the molecule is CCCCCCCCOC1C(COC(C)=O)OC(O)C(OC(C)=O)C1OC(C)=O. The molecule has 9 nitrogen and oxygen atoms in total. The Bertz CT molecular complexity index is 522. The third-order valence-corrected chi connectivity index (χ3v) is 4.47. The molecule has 0 aromatic rings. The van der Waals surface area contributed by atoms with Crippen LogP contribution in [-0.2, 0) is 38.1 Å². The van der Waals surface area contributed by atoms with Gasteiger partial charge in [0.2, 0.25) is 0 Å². The zero-order chi connectivity index (χ0) is 21.8. The highest BCUT2D eigenvalue weighted by Crippen LogP contribution is 2.28. The molecule has 1 rings (SSSR count). The summed E-state index contributed by atoms with van der Waals surface area (Å²) < 4.78 is 26.8. The predicted octanol–water partition coefficient (Wildman–Crippen LogP) is 1.88. The molecule has 0 aromatic carbocycles. The molecule has 1 aliphatic rings. The van der Waals surface area contributed by atoms with Crippen LogP contribution in [0.2, 0.25) is 0 Å². The molecule has 0 aromatic heterocycles. The van der Waals surface area contributed by atoms with Gasteiger partial charge in [-0.25, -0.2) is 0 Å². The molecule has 5 unspecified atom stereocenters. The van der Waals surface area contributed by atoms with Gasteiger partial charge in [0, 0.05) is 27.4 Å². The van der Waals surface area contributed by atoms with Crippen LogP contribution >= 0.6 is 0 Å². The van der Waals surface area contributed by atoms with Crippen LogP contribution in [0.15, 0.2) is 0 Å². The number of esters is 3. The summed E-state index contributed by atoms with van der Waals surface area (Å²) in [7, 11) is 0. The monoisotopic (exact) mass is 418 g/mol. The molecule has 0 aliphatic carbocycles. The first-order valence-corrected chi connectivity index (χ1v) is 10.2. The maximum absolute atomic E-state index is 11.6. The molecule has 1 heterocycles. The number of rotatable bonds is 12. The van der Waals surface area contributed by atoms with E-state index in [0.29, 0.717) is 6.61 Å². The topological polar surface area (TPSA) is 118 Å². The Morgan fingerprint density at radius 2 is 1.41 bits per heavy atom. The molecular weight excluding hydrogens is 384 g/mol. The fourth-order valence-electron chi connectivity index (χ4n) is 3.17. The van der Waals surface area contributed by atoms with Gasteiger partial charge in [0.05, 0.1) is 0 Å². The highest BCUT2D eigenvalue weighted by molar-refractivity contribution is 5.67. The fraction of sp³-hybridized carbons (Fsp3) is 0.850. The molecule has 0 amide bonds. The highest BCUT2D eigenvalue weighted by atomic mass is 16.7. The van der Waals surface area contributed by atoms with E-state index >= 15 is 0 Å². The van der Waals surface area contributed by atoms with Gasteiger partial charge in [-0.15, -0.1) is 0 Å². The minimum absolute atomic E-state index is 0.196. The maximum Gasteiger partial charge on any atom is 0.303 e. The first-order chi connectivity index (χ1) is 13.8. The number of carbonyl (C=O) groups excluding carboxylic acids is 3. The molecule has 168 valence electrons. The third-order valence-electron chi connectivity index (χ3n) is 4.47. The number of aliphatic hydroxyl groups is 1. The summed E-state index contributed by atoms with van der Waals surface area (Å²) in [6.45, 7) is 5.94. The van der Waals surface area contributed by atoms with Crippen molar-refractivity contribution in [1.82, 2.24) is 0 Å². The quantitative estimate of drug-likeness (QED) is 0.288. The smallest absolute Gasteiger partial charge is 0.303 e. The summed E-state index contributed by atoms with van der Waals surface area (Å²) in [5.41, 5.74) is 0. The van der Waals surface area contributed by atoms with Gasteiger partial charge in [0.1, 0.15) is 18.8 Å². The first-order valence-electron chi connectivity index (χ1n) is 10.2. The molecule has 1 N–H and O–H groups in total. The van der Waals surface area contributed by atoms with Crippen LogP contribution in [-0.4, -0.2) is 66.9 Å². The molecular formula is C20H34O9. The van der Waals surface area contributed by atoms with Crippen molar-refractivity contribution in [3.8, 4) is 0 Å². The summed E-state index contributed by atoms with van der Waals surface area (Å²) in [6.07, 6.45) is 0.719. The van der Waals surface area contributed by atoms with Crippen molar-refractivity contribution in [1.29, 1.82) is 0 Å². The second kappa shape index (κ2) is 13.5. The minimum atomic E-state index is -1.56. The first kappa shape index (κ1) is 25.3. The predicted molar refractivity (Wildman–Crippen MR) is 102 cm³/mol. The average molecular weight is 418 g/mol. The van der Waals surface area contributed by atoms with E-state index in [4.69, 9.17) is 23.7 Å². The maximum atomic E-state index is 11.6. The van der Waals surface area contributed by atoms with Gasteiger partial charge in [-0.05, 0) is 6.42 Å². The van der Waals surface area contributed by atoms with Crippen molar-refractivity contribution in [3.63, 3.8) is 0 Å². The van der Waals surface area contributed by atoms with Crippen LogP contribution in [0.25, 0.3) is 0 Å². The van der Waals surface area contributed by atoms with Crippen molar-refractivity contribution >= 4 is 17.9 Å². The standard InChI is InChI=1S/C20H34O9/c1-5-6-7-8-9-10-11-25-17-16(12-26-13(2)21)29-20(24)19(28-15(4)23)18(17)27-14(3)22/h16-20,24H,5-12H2,1-4H3. The number of ether oxygens (including phenoxy) is 5. The number of hydrogen-bond acceptors (Lipinski definition) is 9. The lowest BCUT2D eigenvalue weighted by Gasteiger charge is -2.43. The van der Waals surface area contributed by atoms with Crippen LogP contribution in [0.5, 0.6) is 0 Å². The summed E-state index contributed by atoms with van der Waals surface area (Å²) in [5.74, 6) is -1.81. The lowest BCUT2D eigenvalue weighted by molar-refractivity contribution is -0.300. The van der Waals surface area contributed by atoms with Gasteiger partial charge in [-0.1, -0.05) is 39.0 Å². The minimum Gasteiger partial charge on any atom is -0.463 e. The zero-order valence-corrected chi connectivity index (χ0v) is 17.8. The van der Waals surface area contributed by atoms with Crippen LogP contribution in [0.3, 0.4) is 0 Å². The van der Waals surface area contributed by atoms with E-state index in [9.17, 15) is 19.5 Å². The molecule has 1 saturated heterocycles. The summed E-state index contributed by atoms with van der Waals surface area (Å²) >= 11 is 0. The molecule has 1 aliphatic heterocycles. The van der Waals surface area contributed by atoms with Crippen LogP contribution in [0, 0.1) is 0 Å². The Kier molecular flexibility index (Phi) is 11.8. The highest BCUT2D eigenvalue weighted by Gasteiger charge is 2.50. The lowest BCUT2D eigenvalue weighted by Crippen LogP contribution is -2.62. The van der Waals surface area contributed by atoms with Crippen molar-refractivity contribution in [2.24, 2.45) is 0 Å². The lowest BCUT2D eigenvalue weighted by atomic mass is 9.98. The Hall–Kier alpha value is -1.71. The number of unbranched alkanes of at least 4 members (excludes halogenated alkanes) is 5. The number of carbonyl (C=O) groups is 3. The normalized spacial score (nSPS) is 26.6. The van der Waals surface area contributed by atoms with Crippen molar-refractivity contribution < 1.29 is 43.2 Å². The molecule has 5 atom stereocenters. The Labute approximate surface area is 172 Å². The Balaban J connectivity index is 2.84. The zero-order valence-electron chi connectivity index (χ0n) is 17.8. The van der Waals surface area contributed by atoms with Crippen molar-refractivity contribution in [2.75, 3.05) is 13.2 Å². The number of hydrogen-bond donors (Lipinski definition) is 1. The number of aliphatic hydroxyl groups excluding tert-OH is 1. The molecule has 9 heteroatoms. The van der Waals surface area contributed by atoms with E-state index in [1.807, 2.05) is 0 Å². The van der Waals surface area contributed by atoms with Gasteiger partial charge in [0.25, 0.3) is 0 Å². The molecule has 29 heavy (non-hydrogen) atoms. The summed E-state index contributed by atoms with van der Waals surface area (Å²) in [4.78, 5) is 34.3. The molecule has 0 radical (unpaired) electrons. The van der Waals surface area contributed by atoms with Gasteiger partial charge < -0.3 is 28.8 Å². The Morgan fingerprint density at radius 3 is 2.00 bits per heavy atom. The fourth-order valence-corrected chi connectivity index (χ4v) is 3.17. The summed E-state index contributed by atoms with van der Waals surface area (Å²) in [5, 5.41) is 10.3. The van der Waals surface area contributed by atoms with E-state index < -0.39 is 48.6 Å². The second-order valence-corrected chi connectivity index (χ2v) is 7.12. The van der Waals surface area contributed by atoms with Crippen LogP contribution < -0.4 is 0 Å². The van der Waals surface area contributed by atoms with E-state index in [-0.39, 0.29) is 6.61 Å². The van der Waals surface area contributed by atoms with Gasteiger partial charge in [-0.2, -0.15) is 0 Å². The van der Waals surface area contributed by atoms with Gasteiger partial charge >= 0.3 is 17.9 Å². The van der Waals surface area contributed by atoms with E-state index in [0.717, 1.165) is 32.1 Å². The molecule has 0 spiro atoms. The van der Waals surface area contributed by atoms with E-state index in [2.05, 4.69) is 6.92 Å². The van der Waals surface area contributed by atoms with Crippen LogP contribution in [0.1, 0.15) is 66.2 Å². The average Bonchev–Trinajstić information content (AvgIpc) is 2.63. The van der Waals surface area contributed by atoms with E-state index in [1.54, 1.807) is 0 Å². The summed E-state index contributed by atoms with van der Waals surface area (Å²) in [6, 6.07) is 0. The third kappa shape index (κ3) is 9.56. The van der Waals surface area contributed by atoms with Gasteiger partial charge in [-0.3, -0.25) is 14.4 Å².